The Balaban J connectivity index is 2.55. The van der Waals surface area contributed by atoms with Crippen LogP contribution in [0.3, 0.4) is 0 Å². The average molecular weight is 377 g/mol. The number of hydrogen-bond donors (Lipinski definition) is 2. The van der Waals surface area contributed by atoms with Crippen molar-refractivity contribution >= 4 is 40.7 Å². The molecule has 2 N–H and O–H groups in total. The number of hydrogen-bond acceptors (Lipinski definition) is 4. The van der Waals surface area contributed by atoms with E-state index in [1.54, 1.807) is 0 Å². The molecule has 2 aromatic rings. The van der Waals surface area contributed by atoms with Crippen molar-refractivity contribution in [3.8, 4) is 0 Å². The molecule has 1 aromatic heterocycles. The highest BCUT2D eigenvalue weighted by molar-refractivity contribution is 6.35. The largest absolute Gasteiger partial charge is 0.479 e. The van der Waals surface area contributed by atoms with E-state index in [0.29, 0.717) is 0 Å². The number of aromatic nitrogens is 1. The molecule has 0 saturated heterocycles. The Morgan fingerprint density at radius 2 is 1.76 bits per heavy atom. The fraction of sp³-hybridized carbons (Fsp3) is 0.0588. The molecule has 0 fully saturated rings. The van der Waals surface area contributed by atoms with Gasteiger partial charge in [-0.05, 0) is 29.8 Å². The maximum atomic E-state index is 12.3. The van der Waals surface area contributed by atoms with Crippen LogP contribution in [0.25, 0.3) is 5.57 Å². The molecular weight excluding hydrogens is 367 g/mol. The van der Waals surface area contributed by atoms with Gasteiger partial charge < -0.3 is 10.2 Å². The van der Waals surface area contributed by atoms with Gasteiger partial charge in [0, 0.05) is 28.2 Å². The molecule has 3 rings (SSSR count). The van der Waals surface area contributed by atoms with Crippen LogP contribution in [0.2, 0.25) is 10.0 Å². The lowest BCUT2D eigenvalue weighted by atomic mass is 9.80. The summed E-state index contributed by atoms with van der Waals surface area (Å²) in [6.07, 6.45) is 2.79. The summed E-state index contributed by atoms with van der Waals surface area (Å²) >= 11 is 12.2. The van der Waals surface area contributed by atoms with Crippen molar-refractivity contribution in [1.29, 1.82) is 0 Å². The number of carboxylic acids is 2. The molecule has 2 heterocycles. The van der Waals surface area contributed by atoms with Crippen molar-refractivity contribution < 1.29 is 19.8 Å². The molecule has 25 heavy (non-hydrogen) atoms. The molecule has 0 radical (unpaired) electrons. The van der Waals surface area contributed by atoms with Crippen LogP contribution < -0.4 is 10.6 Å². The molecule has 0 saturated carbocycles. The van der Waals surface area contributed by atoms with Gasteiger partial charge in [-0.2, -0.15) is 0 Å². The number of rotatable bonds is 4. The van der Waals surface area contributed by atoms with Crippen molar-refractivity contribution in [3.05, 3.63) is 75.0 Å². The van der Waals surface area contributed by atoms with Crippen molar-refractivity contribution in [1.82, 2.24) is 4.98 Å². The van der Waals surface area contributed by atoms with Crippen LogP contribution in [-0.4, -0.2) is 27.1 Å². The lowest BCUT2D eigenvalue weighted by Crippen LogP contribution is -2.37. The van der Waals surface area contributed by atoms with Crippen LogP contribution in [-0.2, 0) is 15.1 Å². The summed E-state index contributed by atoms with van der Waals surface area (Å²) in [4.78, 5) is 32.0. The van der Waals surface area contributed by atoms with E-state index in [1.807, 2.05) is 0 Å². The molecule has 8 heteroatoms. The minimum absolute atomic E-state index is 0.0980. The van der Waals surface area contributed by atoms with Crippen LogP contribution in [0, 0.1) is 0 Å². The third-order valence-electron chi connectivity index (χ3n) is 3.90. The number of nitrogens with zero attached hydrogens (tertiary/aromatic N) is 2. The van der Waals surface area contributed by atoms with Gasteiger partial charge in [-0.3, -0.25) is 9.98 Å². The molecule has 1 aliphatic rings. The number of halogens is 2. The summed E-state index contributed by atoms with van der Waals surface area (Å²) in [6, 6.07) is 5.74. The Labute approximate surface area is 151 Å². The first kappa shape index (κ1) is 17.1. The second-order valence-corrected chi connectivity index (χ2v) is 6.15. The normalized spacial score (nSPS) is 18.4. The fourth-order valence-electron chi connectivity index (χ4n) is 2.87. The predicted octanol–water partition coefficient (Wildman–Crippen LogP) is 1.79. The van der Waals surface area contributed by atoms with Gasteiger partial charge in [-0.25, -0.2) is 9.59 Å². The molecule has 0 spiro atoms. The Morgan fingerprint density at radius 3 is 2.32 bits per heavy atom. The van der Waals surface area contributed by atoms with Crippen LogP contribution >= 0.6 is 23.2 Å². The molecule has 0 aliphatic carbocycles. The standard InChI is InChI=1S/C17H10Cl2N2O4/c1-8(15(22)23)14-13-11(19)6-10(18)7-12(13)21-17(14,16(24)25)9-2-4-20-5-3-9/h2-7H,1H2,(H,22,23)(H,24,25). The Kier molecular flexibility index (Phi) is 4.10. The lowest BCUT2D eigenvalue weighted by molar-refractivity contribution is -0.141. The van der Waals surface area contributed by atoms with E-state index in [0.717, 1.165) is 0 Å². The second-order valence-electron chi connectivity index (χ2n) is 5.30. The summed E-state index contributed by atoms with van der Waals surface area (Å²) < 4.78 is 0. The van der Waals surface area contributed by atoms with Crippen LogP contribution in [0.1, 0.15) is 5.56 Å². The highest BCUT2D eigenvalue weighted by Gasteiger charge is 2.49. The van der Waals surface area contributed by atoms with E-state index in [2.05, 4.69) is 16.6 Å². The molecule has 126 valence electrons. The first-order valence-corrected chi connectivity index (χ1v) is 7.71. The average Bonchev–Trinajstić information content (AvgIpc) is 2.91. The summed E-state index contributed by atoms with van der Waals surface area (Å²) in [7, 11) is 0. The highest BCUT2D eigenvalue weighted by atomic mass is 35.5. The van der Waals surface area contributed by atoms with E-state index in [-0.39, 0.29) is 31.8 Å². The smallest absolute Gasteiger partial charge is 0.341 e. The molecule has 6 nitrogen and oxygen atoms in total. The topological polar surface area (TPSA) is 99.8 Å². The number of fused-ring (bicyclic) bond motifs is 1. The fourth-order valence-corrected chi connectivity index (χ4v) is 3.45. The number of pyridine rings is 1. The minimum Gasteiger partial charge on any atom is -0.479 e. The zero-order valence-electron chi connectivity index (χ0n) is 12.5. The minimum atomic E-state index is -2.00. The number of carbonyl (C=O) groups is 2. The van der Waals surface area contributed by atoms with Gasteiger partial charge in [0.1, 0.15) is 0 Å². The van der Waals surface area contributed by atoms with Gasteiger partial charge in [0.2, 0.25) is 5.54 Å². The molecule has 1 aliphatic heterocycles. The van der Waals surface area contributed by atoms with Crippen molar-refractivity contribution in [2.75, 3.05) is 0 Å². The van der Waals surface area contributed by atoms with Crippen molar-refractivity contribution in [2.24, 2.45) is 4.99 Å². The third-order valence-corrected chi connectivity index (χ3v) is 4.42. The Hall–Kier alpha value is -2.70. The summed E-state index contributed by atoms with van der Waals surface area (Å²) in [5, 5.41) is 20.2. The molecule has 1 atom stereocenters. The van der Waals surface area contributed by atoms with E-state index in [9.17, 15) is 19.8 Å². The van der Waals surface area contributed by atoms with E-state index < -0.39 is 23.1 Å². The maximum absolute atomic E-state index is 12.3. The quantitative estimate of drug-likeness (QED) is 0.792. The highest BCUT2D eigenvalue weighted by Crippen LogP contribution is 2.40. The van der Waals surface area contributed by atoms with Gasteiger partial charge in [0.15, 0.2) is 0 Å². The molecule has 1 unspecified atom stereocenters. The summed E-state index contributed by atoms with van der Waals surface area (Å²) in [5.74, 6) is -2.73. The second kappa shape index (κ2) is 5.98. The Bertz CT molecular complexity index is 1050. The number of carboxylic acid groups (broad SMARTS) is 2. The van der Waals surface area contributed by atoms with E-state index in [1.165, 1.54) is 36.7 Å². The zero-order chi connectivity index (χ0) is 18.4. The zero-order valence-corrected chi connectivity index (χ0v) is 14.0. The lowest BCUT2D eigenvalue weighted by Gasteiger charge is -2.26. The molecular formula is C17H10Cl2N2O4. The SMILES string of the molecule is C=C(C(=O)O)C1=c2c(Cl)cc(Cl)cc2=NC1(C(=O)O)c1ccncc1. The molecule has 0 amide bonds. The van der Waals surface area contributed by atoms with Gasteiger partial charge in [-0.1, -0.05) is 29.8 Å². The van der Waals surface area contributed by atoms with Crippen LogP contribution in [0.15, 0.2) is 53.8 Å². The van der Waals surface area contributed by atoms with Gasteiger partial charge in [0.05, 0.1) is 16.0 Å². The van der Waals surface area contributed by atoms with Gasteiger partial charge in [0.25, 0.3) is 0 Å². The van der Waals surface area contributed by atoms with E-state index >= 15 is 0 Å². The van der Waals surface area contributed by atoms with Crippen LogP contribution in [0.5, 0.6) is 0 Å². The van der Waals surface area contributed by atoms with Crippen molar-refractivity contribution in [2.45, 2.75) is 5.54 Å². The Morgan fingerprint density at radius 1 is 1.12 bits per heavy atom. The predicted molar refractivity (Wildman–Crippen MR) is 91.0 cm³/mol. The monoisotopic (exact) mass is 376 g/mol. The maximum Gasteiger partial charge on any atom is 0.341 e. The third kappa shape index (κ3) is 2.50. The first-order chi connectivity index (χ1) is 11.8. The van der Waals surface area contributed by atoms with Crippen molar-refractivity contribution in [3.63, 3.8) is 0 Å². The van der Waals surface area contributed by atoms with Crippen LogP contribution in [0.4, 0.5) is 0 Å². The first-order valence-electron chi connectivity index (χ1n) is 6.95. The van der Waals surface area contributed by atoms with E-state index in [4.69, 9.17) is 23.2 Å². The van der Waals surface area contributed by atoms with Gasteiger partial charge in [-0.15, -0.1) is 0 Å². The summed E-state index contributed by atoms with van der Waals surface area (Å²) in [5.41, 5.74) is -2.29. The molecule has 0 bridgehead atoms. The number of aliphatic carboxylic acids is 2. The number of benzene rings is 1. The molecule has 1 aromatic carbocycles. The summed E-state index contributed by atoms with van der Waals surface area (Å²) in [6.45, 7) is 3.53. The van der Waals surface area contributed by atoms with Gasteiger partial charge >= 0.3 is 11.9 Å².